The van der Waals surface area contributed by atoms with Crippen LogP contribution in [0.2, 0.25) is 5.02 Å². The van der Waals surface area contributed by atoms with Crippen LogP contribution in [0.1, 0.15) is 23.6 Å². The summed E-state index contributed by atoms with van der Waals surface area (Å²) in [6.07, 6.45) is 0.969. The molecule has 1 aliphatic rings. The third-order valence-corrected chi connectivity index (χ3v) is 5.23. The molecule has 0 saturated carbocycles. The van der Waals surface area contributed by atoms with Crippen LogP contribution in [0.4, 0.5) is 5.69 Å². The van der Waals surface area contributed by atoms with E-state index in [1.54, 1.807) is 13.2 Å². The molecule has 5 heteroatoms. The predicted octanol–water partition coefficient (Wildman–Crippen LogP) is 4.04. The van der Waals surface area contributed by atoms with Crippen molar-refractivity contribution in [3.63, 3.8) is 0 Å². The molecule has 0 bridgehead atoms. The third kappa shape index (κ3) is 3.80. The standard InChI is InChI=1S/C20H23ClN2O2/c1-13-10-18(19(25-3)11-17(13)21)22-20(24)14(2)23-9-8-15-6-4-5-7-16(15)12-23/h4-7,10-11,14H,8-9,12H2,1-3H3,(H,22,24)/t14-/m0/s1. The molecule has 25 heavy (non-hydrogen) atoms. The zero-order chi connectivity index (χ0) is 18.0. The van der Waals surface area contributed by atoms with Gasteiger partial charge in [-0.25, -0.2) is 0 Å². The molecule has 2 aromatic rings. The Morgan fingerprint density at radius 2 is 2.00 bits per heavy atom. The first kappa shape index (κ1) is 17.8. The lowest BCUT2D eigenvalue weighted by Crippen LogP contribution is -2.44. The third-order valence-electron chi connectivity index (χ3n) is 4.83. The summed E-state index contributed by atoms with van der Waals surface area (Å²) in [4.78, 5) is 14.9. The number of rotatable bonds is 4. The Morgan fingerprint density at radius 3 is 2.72 bits per heavy atom. The number of halogens is 1. The van der Waals surface area contributed by atoms with Crippen LogP contribution in [0, 0.1) is 6.92 Å². The van der Waals surface area contributed by atoms with Crippen molar-refractivity contribution in [1.82, 2.24) is 4.90 Å². The SMILES string of the molecule is COc1cc(Cl)c(C)cc1NC(=O)[C@H](C)N1CCc2ccccc2C1. The Morgan fingerprint density at radius 1 is 1.28 bits per heavy atom. The quantitative estimate of drug-likeness (QED) is 0.896. The van der Waals surface area contributed by atoms with Crippen LogP contribution in [0.5, 0.6) is 5.75 Å². The number of amides is 1. The second-order valence-electron chi connectivity index (χ2n) is 6.46. The van der Waals surface area contributed by atoms with Crippen molar-refractivity contribution in [1.29, 1.82) is 0 Å². The maximum absolute atomic E-state index is 12.7. The molecule has 0 unspecified atom stereocenters. The van der Waals surface area contributed by atoms with E-state index in [1.165, 1.54) is 11.1 Å². The Kier molecular flexibility index (Phi) is 5.30. The number of fused-ring (bicyclic) bond motifs is 1. The van der Waals surface area contributed by atoms with Gasteiger partial charge in [0.1, 0.15) is 5.75 Å². The summed E-state index contributed by atoms with van der Waals surface area (Å²) in [6, 6.07) is 11.8. The summed E-state index contributed by atoms with van der Waals surface area (Å²) >= 11 is 6.13. The summed E-state index contributed by atoms with van der Waals surface area (Å²) in [5.74, 6) is 0.527. The van der Waals surface area contributed by atoms with Gasteiger partial charge in [-0.15, -0.1) is 0 Å². The minimum absolute atomic E-state index is 0.0422. The number of anilines is 1. The highest BCUT2D eigenvalue weighted by Crippen LogP contribution is 2.31. The Bertz CT molecular complexity index is 791. The molecule has 0 aromatic heterocycles. The zero-order valence-corrected chi connectivity index (χ0v) is 15.6. The van der Waals surface area contributed by atoms with E-state index in [-0.39, 0.29) is 11.9 Å². The van der Waals surface area contributed by atoms with Gasteiger partial charge in [0.2, 0.25) is 5.91 Å². The van der Waals surface area contributed by atoms with E-state index >= 15 is 0 Å². The molecule has 132 valence electrons. The highest BCUT2D eigenvalue weighted by molar-refractivity contribution is 6.31. The summed E-state index contributed by atoms with van der Waals surface area (Å²) in [7, 11) is 1.57. The minimum atomic E-state index is -0.228. The zero-order valence-electron chi connectivity index (χ0n) is 14.8. The number of nitrogens with one attached hydrogen (secondary N) is 1. The first-order valence-corrected chi connectivity index (χ1v) is 8.83. The second kappa shape index (κ2) is 7.46. The molecule has 1 aliphatic heterocycles. The van der Waals surface area contributed by atoms with E-state index in [0.29, 0.717) is 16.5 Å². The highest BCUT2D eigenvalue weighted by atomic mass is 35.5. The van der Waals surface area contributed by atoms with Crippen LogP contribution >= 0.6 is 11.6 Å². The van der Waals surface area contributed by atoms with Gasteiger partial charge in [0.05, 0.1) is 18.8 Å². The van der Waals surface area contributed by atoms with E-state index in [1.807, 2.05) is 19.9 Å². The van der Waals surface area contributed by atoms with Gasteiger partial charge >= 0.3 is 0 Å². The van der Waals surface area contributed by atoms with Crippen molar-refractivity contribution < 1.29 is 9.53 Å². The van der Waals surface area contributed by atoms with Gasteiger partial charge in [-0.2, -0.15) is 0 Å². The summed E-state index contributed by atoms with van der Waals surface area (Å²) in [6.45, 7) is 5.52. The Hall–Kier alpha value is -2.04. The maximum atomic E-state index is 12.7. The average Bonchev–Trinajstić information content (AvgIpc) is 2.63. The molecule has 1 amide bonds. The lowest BCUT2D eigenvalue weighted by Gasteiger charge is -2.33. The summed E-state index contributed by atoms with van der Waals surface area (Å²) in [5.41, 5.74) is 4.23. The molecule has 3 rings (SSSR count). The van der Waals surface area contributed by atoms with E-state index < -0.39 is 0 Å². The summed E-state index contributed by atoms with van der Waals surface area (Å²) in [5, 5.41) is 3.61. The number of carbonyl (C=O) groups excluding carboxylic acids is 1. The second-order valence-corrected chi connectivity index (χ2v) is 6.86. The molecular formula is C20H23ClN2O2. The van der Waals surface area contributed by atoms with Crippen LogP contribution in [0.15, 0.2) is 36.4 Å². The number of aryl methyl sites for hydroxylation is 1. The van der Waals surface area contributed by atoms with Crippen LogP contribution < -0.4 is 10.1 Å². The van der Waals surface area contributed by atoms with E-state index in [4.69, 9.17) is 16.3 Å². The smallest absolute Gasteiger partial charge is 0.241 e. The minimum Gasteiger partial charge on any atom is -0.495 e. The number of carbonyl (C=O) groups is 1. The van der Waals surface area contributed by atoms with E-state index in [9.17, 15) is 4.79 Å². The predicted molar refractivity (Wildman–Crippen MR) is 101 cm³/mol. The lowest BCUT2D eigenvalue weighted by molar-refractivity contribution is -0.121. The van der Waals surface area contributed by atoms with Crippen molar-refractivity contribution in [2.45, 2.75) is 32.9 Å². The number of benzene rings is 2. The summed E-state index contributed by atoms with van der Waals surface area (Å²) < 4.78 is 5.34. The monoisotopic (exact) mass is 358 g/mol. The fraction of sp³-hybridized carbons (Fsp3) is 0.350. The molecule has 0 saturated heterocycles. The Labute approximate surface area is 153 Å². The first-order valence-electron chi connectivity index (χ1n) is 8.45. The van der Waals surface area contributed by atoms with Gasteiger partial charge in [-0.3, -0.25) is 9.69 Å². The number of hydrogen-bond donors (Lipinski definition) is 1. The van der Waals surface area contributed by atoms with Gasteiger partial charge in [-0.1, -0.05) is 35.9 Å². The van der Waals surface area contributed by atoms with Crippen LogP contribution in [0.25, 0.3) is 0 Å². The van der Waals surface area contributed by atoms with Crippen LogP contribution in [-0.4, -0.2) is 30.5 Å². The largest absolute Gasteiger partial charge is 0.495 e. The molecule has 0 aliphatic carbocycles. The van der Waals surface area contributed by atoms with Crippen molar-refractivity contribution in [2.24, 2.45) is 0 Å². The lowest BCUT2D eigenvalue weighted by atomic mass is 9.98. The highest BCUT2D eigenvalue weighted by Gasteiger charge is 2.25. The van der Waals surface area contributed by atoms with Gasteiger partial charge in [0, 0.05) is 24.2 Å². The number of methoxy groups -OCH3 is 1. The van der Waals surface area contributed by atoms with Gasteiger partial charge in [-0.05, 0) is 43.0 Å². The van der Waals surface area contributed by atoms with Crippen molar-refractivity contribution in [2.75, 3.05) is 19.0 Å². The van der Waals surface area contributed by atoms with Crippen molar-refractivity contribution >= 4 is 23.2 Å². The topological polar surface area (TPSA) is 41.6 Å². The molecule has 1 N–H and O–H groups in total. The van der Waals surface area contributed by atoms with Gasteiger partial charge in [0.25, 0.3) is 0 Å². The van der Waals surface area contributed by atoms with E-state index in [2.05, 4.69) is 34.5 Å². The first-order chi connectivity index (χ1) is 12.0. The average molecular weight is 359 g/mol. The van der Waals surface area contributed by atoms with Gasteiger partial charge in [0.15, 0.2) is 0 Å². The number of nitrogens with zero attached hydrogens (tertiary/aromatic N) is 1. The molecule has 4 nitrogen and oxygen atoms in total. The Balaban J connectivity index is 1.73. The van der Waals surface area contributed by atoms with Gasteiger partial charge < -0.3 is 10.1 Å². The van der Waals surface area contributed by atoms with Crippen molar-refractivity contribution in [3.8, 4) is 5.75 Å². The maximum Gasteiger partial charge on any atom is 0.241 e. The number of ether oxygens (including phenoxy) is 1. The van der Waals surface area contributed by atoms with E-state index in [0.717, 1.165) is 25.1 Å². The normalized spacial score (nSPS) is 15.4. The molecule has 0 fully saturated rings. The van der Waals surface area contributed by atoms with Crippen LogP contribution in [-0.2, 0) is 17.8 Å². The molecule has 1 heterocycles. The molecule has 0 spiro atoms. The number of hydrogen-bond acceptors (Lipinski definition) is 3. The fourth-order valence-electron chi connectivity index (χ4n) is 3.18. The molecule has 2 aromatic carbocycles. The molecule has 1 atom stereocenters. The van der Waals surface area contributed by atoms with Crippen LogP contribution in [0.3, 0.4) is 0 Å². The molecular weight excluding hydrogens is 336 g/mol. The fourth-order valence-corrected chi connectivity index (χ4v) is 3.33. The van der Waals surface area contributed by atoms with Crippen molar-refractivity contribution in [3.05, 3.63) is 58.1 Å². The molecule has 0 radical (unpaired) electrons.